The predicted octanol–water partition coefficient (Wildman–Crippen LogP) is 5.41. The van der Waals surface area contributed by atoms with Crippen molar-refractivity contribution in [1.82, 2.24) is 9.80 Å². The summed E-state index contributed by atoms with van der Waals surface area (Å²) in [6, 6.07) is 8.61. The minimum Gasteiger partial charge on any atom is -0.358 e. The average molecular weight is 401 g/mol. The molecule has 0 fully saturated rings. The van der Waals surface area contributed by atoms with Gasteiger partial charge in [0.2, 0.25) is 0 Å². The van der Waals surface area contributed by atoms with Gasteiger partial charge in [0.15, 0.2) is 0 Å². The zero-order chi connectivity index (χ0) is 17.9. The first-order chi connectivity index (χ1) is 11.6. The lowest BCUT2D eigenvalue weighted by molar-refractivity contribution is 0.482. The Balaban J connectivity index is 2.65. The average Bonchev–Trinajstić information content (AvgIpc) is 2.61. The van der Waals surface area contributed by atoms with Crippen molar-refractivity contribution in [3.05, 3.63) is 35.4 Å². The standard InChI is InChI=1S/C18H28N2S4/c1-5-19(6-2)17(21)23-13-15-11-9-10-12-16(15)14-24-18(22)20(7-3)8-4/h9-12H,5-8,13-14H2,1-4H3. The van der Waals surface area contributed by atoms with Gasteiger partial charge in [-0.1, -0.05) is 72.2 Å². The molecular weight excluding hydrogens is 372 g/mol. The molecule has 0 bridgehead atoms. The Labute approximate surface area is 166 Å². The van der Waals surface area contributed by atoms with Crippen LogP contribution in [0, 0.1) is 0 Å². The van der Waals surface area contributed by atoms with Crippen molar-refractivity contribution in [1.29, 1.82) is 0 Å². The van der Waals surface area contributed by atoms with Crippen molar-refractivity contribution in [3.63, 3.8) is 0 Å². The minimum absolute atomic E-state index is 0.921. The first-order valence-corrected chi connectivity index (χ1v) is 11.3. The van der Waals surface area contributed by atoms with Gasteiger partial charge in [-0.25, -0.2) is 0 Å². The summed E-state index contributed by atoms with van der Waals surface area (Å²) >= 11 is 14.6. The molecule has 2 nitrogen and oxygen atoms in total. The fourth-order valence-corrected chi connectivity index (χ4v) is 5.14. The van der Waals surface area contributed by atoms with Gasteiger partial charge in [0.1, 0.15) is 8.64 Å². The van der Waals surface area contributed by atoms with Crippen molar-refractivity contribution in [2.75, 3.05) is 26.2 Å². The van der Waals surface area contributed by atoms with Crippen LogP contribution in [0.2, 0.25) is 0 Å². The zero-order valence-electron chi connectivity index (χ0n) is 15.1. The molecule has 1 aromatic rings. The van der Waals surface area contributed by atoms with Crippen LogP contribution in [0.4, 0.5) is 0 Å². The van der Waals surface area contributed by atoms with Crippen LogP contribution in [0.1, 0.15) is 38.8 Å². The fraction of sp³-hybridized carbons (Fsp3) is 0.556. The van der Waals surface area contributed by atoms with Crippen LogP contribution in [-0.4, -0.2) is 44.6 Å². The lowest BCUT2D eigenvalue weighted by Crippen LogP contribution is -2.26. The zero-order valence-corrected chi connectivity index (χ0v) is 18.3. The summed E-state index contributed by atoms with van der Waals surface area (Å²) in [5.74, 6) is 1.84. The van der Waals surface area contributed by atoms with Crippen LogP contribution in [0.3, 0.4) is 0 Å². The maximum atomic E-state index is 5.54. The van der Waals surface area contributed by atoms with Gasteiger partial charge < -0.3 is 9.80 Å². The molecule has 6 heteroatoms. The Morgan fingerprint density at radius 2 is 1.08 bits per heavy atom. The van der Waals surface area contributed by atoms with E-state index in [-0.39, 0.29) is 0 Å². The number of benzene rings is 1. The first-order valence-electron chi connectivity index (χ1n) is 8.47. The third kappa shape index (κ3) is 6.90. The van der Waals surface area contributed by atoms with Gasteiger partial charge in [0, 0.05) is 37.7 Å². The van der Waals surface area contributed by atoms with Gasteiger partial charge in [-0.3, -0.25) is 0 Å². The molecule has 1 rings (SSSR count). The van der Waals surface area contributed by atoms with Crippen LogP contribution >= 0.6 is 48.0 Å². The van der Waals surface area contributed by atoms with Crippen LogP contribution < -0.4 is 0 Å². The van der Waals surface area contributed by atoms with Crippen molar-refractivity contribution in [3.8, 4) is 0 Å². The van der Waals surface area contributed by atoms with E-state index in [0.717, 1.165) is 46.3 Å². The summed E-state index contributed by atoms with van der Waals surface area (Å²) in [5, 5.41) is 0. The normalized spacial score (nSPS) is 10.5. The van der Waals surface area contributed by atoms with E-state index in [4.69, 9.17) is 24.4 Å². The van der Waals surface area contributed by atoms with E-state index in [1.807, 2.05) is 0 Å². The molecule has 0 atom stereocenters. The summed E-state index contributed by atoms with van der Waals surface area (Å²) in [4.78, 5) is 4.46. The van der Waals surface area contributed by atoms with E-state index in [0.29, 0.717) is 0 Å². The molecule has 0 aliphatic carbocycles. The molecule has 0 aromatic heterocycles. The highest BCUT2D eigenvalue weighted by atomic mass is 32.2. The van der Waals surface area contributed by atoms with E-state index in [2.05, 4.69) is 61.8 Å². The van der Waals surface area contributed by atoms with E-state index < -0.39 is 0 Å². The molecular formula is C18H28N2S4. The van der Waals surface area contributed by atoms with E-state index in [1.54, 1.807) is 23.5 Å². The Hall–Kier alpha value is -0.300. The third-order valence-electron chi connectivity index (χ3n) is 3.86. The summed E-state index contributed by atoms with van der Waals surface area (Å²) in [6.07, 6.45) is 0. The fourth-order valence-electron chi connectivity index (χ4n) is 2.26. The van der Waals surface area contributed by atoms with Crippen LogP contribution in [0.25, 0.3) is 0 Å². The number of hydrogen-bond acceptors (Lipinski definition) is 4. The lowest BCUT2D eigenvalue weighted by atomic mass is 10.1. The van der Waals surface area contributed by atoms with Crippen molar-refractivity contribution in [2.45, 2.75) is 39.2 Å². The molecule has 0 heterocycles. The van der Waals surface area contributed by atoms with Gasteiger partial charge in [0.25, 0.3) is 0 Å². The van der Waals surface area contributed by atoms with Gasteiger partial charge >= 0.3 is 0 Å². The number of nitrogens with zero attached hydrogens (tertiary/aromatic N) is 2. The molecule has 1 aromatic carbocycles. The largest absolute Gasteiger partial charge is 0.358 e. The van der Waals surface area contributed by atoms with Gasteiger partial charge in [-0.2, -0.15) is 0 Å². The summed E-state index contributed by atoms with van der Waals surface area (Å²) in [5.41, 5.74) is 2.71. The quantitative estimate of drug-likeness (QED) is 0.535. The number of hydrogen-bond donors (Lipinski definition) is 0. The van der Waals surface area contributed by atoms with Crippen molar-refractivity contribution >= 4 is 56.6 Å². The maximum Gasteiger partial charge on any atom is 0.136 e. The number of thioether (sulfide) groups is 2. The molecule has 24 heavy (non-hydrogen) atoms. The topological polar surface area (TPSA) is 6.48 Å². The van der Waals surface area contributed by atoms with Crippen LogP contribution in [0.15, 0.2) is 24.3 Å². The second-order valence-corrected chi connectivity index (χ2v) is 8.44. The van der Waals surface area contributed by atoms with Crippen LogP contribution in [0.5, 0.6) is 0 Å². The van der Waals surface area contributed by atoms with Crippen molar-refractivity contribution in [2.24, 2.45) is 0 Å². The monoisotopic (exact) mass is 400 g/mol. The number of thiocarbonyl (C=S) groups is 2. The highest BCUT2D eigenvalue weighted by Crippen LogP contribution is 2.24. The maximum absolute atomic E-state index is 5.54. The number of rotatable bonds is 8. The molecule has 0 unspecified atom stereocenters. The SMILES string of the molecule is CCN(CC)C(=S)SCc1ccccc1CSC(=S)N(CC)CC. The Morgan fingerprint density at radius 1 is 0.750 bits per heavy atom. The smallest absolute Gasteiger partial charge is 0.136 e. The third-order valence-corrected chi connectivity index (χ3v) is 7.01. The van der Waals surface area contributed by atoms with Crippen molar-refractivity contribution < 1.29 is 0 Å². The summed E-state index contributed by atoms with van der Waals surface area (Å²) < 4.78 is 1.97. The highest BCUT2D eigenvalue weighted by molar-refractivity contribution is 8.22. The van der Waals surface area contributed by atoms with E-state index in [9.17, 15) is 0 Å². The molecule has 0 aliphatic heterocycles. The first kappa shape index (κ1) is 21.7. The van der Waals surface area contributed by atoms with Gasteiger partial charge in [-0.05, 0) is 38.8 Å². The summed E-state index contributed by atoms with van der Waals surface area (Å²) in [7, 11) is 0. The molecule has 0 N–H and O–H groups in total. The van der Waals surface area contributed by atoms with Crippen LogP contribution in [-0.2, 0) is 11.5 Å². The van der Waals surface area contributed by atoms with Gasteiger partial charge in [-0.15, -0.1) is 0 Å². The molecule has 0 spiro atoms. The van der Waals surface area contributed by atoms with E-state index >= 15 is 0 Å². The summed E-state index contributed by atoms with van der Waals surface area (Å²) in [6.45, 7) is 12.5. The minimum atomic E-state index is 0.921. The molecule has 0 radical (unpaired) electrons. The Morgan fingerprint density at radius 3 is 1.38 bits per heavy atom. The highest BCUT2D eigenvalue weighted by Gasteiger charge is 2.10. The molecule has 0 saturated carbocycles. The molecule has 0 saturated heterocycles. The lowest BCUT2D eigenvalue weighted by Gasteiger charge is -2.22. The molecule has 134 valence electrons. The second-order valence-electron chi connectivity index (χ2n) is 5.22. The second kappa shape index (κ2) is 12.1. The molecule has 0 amide bonds. The predicted molar refractivity (Wildman–Crippen MR) is 120 cm³/mol. The van der Waals surface area contributed by atoms with E-state index in [1.165, 1.54) is 11.1 Å². The Kier molecular flexibility index (Phi) is 11.0. The molecule has 0 aliphatic rings. The Bertz CT molecular complexity index is 479. The van der Waals surface area contributed by atoms with Gasteiger partial charge in [0.05, 0.1) is 0 Å².